The van der Waals surface area contributed by atoms with Gasteiger partial charge < -0.3 is 19.3 Å². The second-order valence-electron chi connectivity index (χ2n) is 10.2. The number of ether oxygens (including phenoxy) is 3. The number of aliphatic hydroxyl groups excluding tert-OH is 1. The zero-order chi connectivity index (χ0) is 28.6. The Bertz CT molecular complexity index is 1460. The fourth-order valence-corrected chi connectivity index (χ4v) is 7.00. The Morgan fingerprint density at radius 3 is 2.73 bits per heavy atom. The predicted molar refractivity (Wildman–Crippen MR) is 143 cm³/mol. The van der Waals surface area contributed by atoms with E-state index in [1.54, 1.807) is 12.1 Å². The molecule has 0 spiro atoms. The molecule has 0 unspecified atom stereocenters. The Morgan fingerprint density at radius 2 is 2.02 bits per heavy atom. The summed E-state index contributed by atoms with van der Waals surface area (Å²) in [5.41, 5.74) is 0.272. The molecule has 2 fully saturated rings. The summed E-state index contributed by atoms with van der Waals surface area (Å²) >= 11 is 0. The van der Waals surface area contributed by atoms with E-state index < -0.39 is 27.9 Å². The van der Waals surface area contributed by atoms with E-state index in [1.165, 1.54) is 12.1 Å². The Morgan fingerprint density at radius 1 is 1.23 bits per heavy atom. The number of carbonyl (C=O) groups is 2. The predicted octanol–water partition coefficient (Wildman–Crippen LogP) is 3.40. The monoisotopic (exact) mass is 574 g/mol. The van der Waals surface area contributed by atoms with Crippen molar-refractivity contribution < 1.29 is 41.7 Å². The zero-order valence-electron chi connectivity index (χ0n) is 22.2. The number of benzene rings is 2. The van der Waals surface area contributed by atoms with Gasteiger partial charge in [0.25, 0.3) is 10.0 Å². The molecule has 2 heterocycles. The lowest BCUT2D eigenvalue weighted by Crippen LogP contribution is -2.38. The number of esters is 1. The van der Waals surface area contributed by atoms with Crippen LogP contribution in [0.1, 0.15) is 40.2 Å². The van der Waals surface area contributed by atoms with Crippen molar-refractivity contribution in [1.29, 1.82) is 0 Å². The smallest absolute Gasteiger partial charge is 0.428 e. The minimum absolute atomic E-state index is 0.0152. The van der Waals surface area contributed by atoms with Gasteiger partial charge in [-0.3, -0.25) is 4.90 Å². The molecule has 40 heavy (non-hydrogen) atoms. The van der Waals surface area contributed by atoms with Crippen molar-refractivity contribution in [1.82, 2.24) is 4.90 Å². The minimum Gasteiger partial charge on any atom is -0.492 e. The molecular formula is C28H31FN2O8S. The number of sulfonamides is 1. The van der Waals surface area contributed by atoms with Crippen molar-refractivity contribution in [2.24, 2.45) is 11.8 Å². The van der Waals surface area contributed by atoms with Crippen molar-refractivity contribution in [2.45, 2.75) is 23.7 Å². The van der Waals surface area contributed by atoms with Crippen molar-refractivity contribution in [3.8, 4) is 5.75 Å². The molecule has 1 N–H and O–H groups in total. The average molecular weight is 575 g/mol. The van der Waals surface area contributed by atoms with Crippen LogP contribution >= 0.6 is 0 Å². The second kappa shape index (κ2) is 11.2. The van der Waals surface area contributed by atoms with E-state index in [0.29, 0.717) is 29.9 Å². The van der Waals surface area contributed by atoms with Gasteiger partial charge >= 0.3 is 12.1 Å². The number of fused-ring (bicyclic) bond motifs is 3. The van der Waals surface area contributed by atoms with Crippen LogP contribution in [0, 0.1) is 17.7 Å². The number of hydrogen-bond donors (Lipinski definition) is 1. The van der Waals surface area contributed by atoms with Gasteiger partial charge in [-0.25, -0.2) is 22.4 Å². The van der Waals surface area contributed by atoms with Crippen LogP contribution in [0.5, 0.6) is 5.75 Å². The van der Waals surface area contributed by atoms with Gasteiger partial charge in [-0.1, -0.05) is 18.2 Å². The van der Waals surface area contributed by atoms with Gasteiger partial charge in [0.15, 0.2) is 0 Å². The van der Waals surface area contributed by atoms with E-state index in [2.05, 4.69) is 4.90 Å². The van der Waals surface area contributed by atoms with E-state index in [1.807, 2.05) is 0 Å². The van der Waals surface area contributed by atoms with Crippen LogP contribution in [0.3, 0.4) is 0 Å². The number of amides is 1. The highest BCUT2D eigenvalue weighted by Crippen LogP contribution is 2.56. The van der Waals surface area contributed by atoms with Crippen molar-refractivity contribution >= 4 is 33.8 Å². The first-order valence-corrected chi connectivity index (χ1v) is 14.4. The van der Waals surface area contributed by atoms with Crippen LogP contribution in [0.2, 0.25) is 0 Å². The lowest BCUT2D eigenvalue weighted by Gasteiger charge is -2.27. The first-order valence-electron chi connectivity index (χ1n) is 13.0. The van der Waals surface area contributed by atoms with Gasteiger partial charge in [-0.2, -0.15) is 4.31 Å². The van der Waals surface area contributed by atoms with Crippen LogP contribution in [0.4, 0.5) is 14.9 Å². The summed E-state index contributed by atoms with van der Waals surface area (Å²) < 4.78 is 58.6. The van der Waals surface area contributed by atoms with Crippen LogP contribution < -0.4 is 9.04 Å². The zero-order valence-corrected chi connectivity index (χ0v) is 23.0. The summed E-state index contributed by atoms with van der Waals surface area (Å²) in [5, 5.41) is 9.37. The van der Waals surface area contributed by atoms with Gasteiger partial charge in [0.05, 0.1) is 31.4 Å². The molecule has 1 saturated carbocycles. The Hall–Kier alpha value is -3.48. The molecule has 3 atom stereocenters. The lowest BCUT2D eigenvalue weighted by molar-refractivity contribution is 0.0596. The van der Waals surface area contributed by atoms with Gasteiger partial charge in [0.2, 0.25) is 0 Å². The molecular weight excluding hydrogens is 543 g/mol. The highest BCUT2D eigenvalue weighted by Gasteiger charge is 2.47. The molecule has 0 aromatic heterocycles. The maximum absolute atomic E-state index is 14.3. The minimum atomic E-state index is -4.74. The molecule has 0 bridgehead atoms. The number of rotatable bonds is 8. The number of carbonyl (C=O) groups excluding carboxylic acids is 2. The van der Waals surface area contributed by atoms with Gasteiger partial charge in [0.1, 0.15) is 17.1 Å². The maximum atomic E-state index is 14.3. The molecule has 2 aliphatic heterocycles. The van der Waals surface area contributed by atoms with Gasteiger partial charge in [0, 0.05) is 25.6 Å². The van der Waals surface area contributed by atoms with E-state index in [0.717, 1.165) is 57.4 Å². The summed E-state index contributed by atoms with van der Waals surface area (Å²) in [7, 11) is -2.57. The van der Waals surface area contributed by atoms with Crippen LogP contribution in [-0.2, 0) is 19.5 Å². The molecule has 2 aromatic rings. The topological polar surface area (TPSA) is 123 Å². The highest BCUT2D eigenvalue weighted by molar-refractivity contribution is 7.93. The number of likely N-dealkylation sites (tertiary alicyclic amines) is 1. The molecule has 2 aromatic carbocycles. The first kappa shape index (κ1) is 28.1. The third-order valence-corrected chi connectivity index (χ3v) is 9.41. The fourth-order valence-electron chi connectivity index (χ4n) is 5.46. The summed E-state index contributed by atoms with van der Waals surface area (Å²) in [6.45, 7) is 2.39. The third kappa shape index (κ3) is 5.18. The maximum Gasteiger partial charge on any atom is 0.428 e. The van der Waals surface area contributed by atoms with Crippen molar-refractivity contribution in [3.05, 3.63) is 58.9 Å². The normalized spacial score (nSPS) is 21.9. The number of hydrogen-bond acceptors (Lipinski definition) is 9. The molecule has 1 aliphatic carbocycles. The first-order chi connectivity index (χ1) is 19.2. The number of halogens is 1. The quantitative estimate of drug-likeness (QED) is 0.473. The number of anilines is 1. The van der Waals surface area contributed by atoms with Crippen LogP contribution in [-0.4, -0.2) is 77.6 Å². The second-order valence-corrected chi connectivity index (χ2v) is 12.0. The third-order valence-electron chi connectivity index (χ3n) is 7.66. The van der Waals surface area contributed by atoms with E-state index in [-0.39, 0.29) is 45.9 Å². The largest absolute Gasteiger partial charge is 0.492 e. The van der Waals surface area contributed by atoms with Gasteiger partial charge in [-0.05, 0) is 66.6 Å². The average Bonchev–Trinajstić information content (AvgIpc) is 3.61. The summed E-state index contributed by atoms with van der Waals surface area (Å²) in [4.78, 5) is 27.8. The molecule has 1 saturated heterocycles. The number of aliphatic hydroxyl groups is 1. The Kier molecular flexibility index (Phi) is 7.85. The van der Waals surface area contributed by atoms with Crippen LogP contribution in [0.15, 0.2) is 41.3 Å². The molecule has 214 valence electrons. The summed E-state index contributed by atoms with van der Waals surface area (Å²) in [6.07, 6.45) is 3.65. The summed E-state index contributed by atoms with van der Waals surface area (Å²) in [5.74, 6) is -0.669. The molecule has 12 heteroatoms. The SMILES string of the molecule is COC(=O)c1c(N(C(=O)OC)S(=O)(=O)c2ccc(F)cc2/C=C\CN2CC[C@@H](CO)C2)ccc2c1OC[C@@H]1C[C@H]21. The van der Waals surface area contributed by atoms with E-state index >= 15 is 0 Å². The van der Waals surface area contributed by atoms with Crippen LogP contribution in [0.25, 0.3) is 6.08 Å². The lowest BCUT2D eigenvalue weighted by atomic mass is 10.00. The van der Waals surface area contributed by atoms with Crippen molar-refractivity contribution in [2.75, 3.05) is 51.4 Å². The molecule has 1 amide bonds. The van der Waals surface area contributed by atoms with E-state index in [4.69, 9.17) is 14.2 Å². The van der Waals surface area contributed by atoms with Crippen molar-refractivity contribution in [3.63, 3.8) is 0 Å². The molecule has 0 radical (unpaired) electrons. The number of methoxy groups -OCH3 is 2. The Balaban J connectivity index is 1.56. The fraction of sp³-hybridized carbons (Fsp3) is 0.429. The molecule has 3 aliphatic rings. The Labute approximate surface area is 232 Å². The van der Waals surface area contributed by atoms with E-state index in [9.17, 15) is 27.5 Å². The number of nitrogens with zero attached hydrogens (tertiary/aromatic N) is 2. The summed E-state index contributed by atoms with van der Waals surface area (Å²) in [6, 6.07) is 6.13. The standard InChI is InChI=1S/C28H31FN2O8S/c1-37-27(33)25-23(7-6-21-22-13-19(22)16-39-26(21)25)31(28(34)38-2)40(35,36)24-8-5-20(29)12-18(24)4-3-10-30-11-9-17(14-30)15-32/h3-8,12,17,19,22,32H,9-11,13-16H2,1-2H3/b4-3-/t17-,19+,22+/m1/s1. The molecule has 5 rings (SSSR count). The molecule has 10 nitrogen and oxygen atoms in total. The highest BCUT2D eigenvalue weighted by atomic mass is 32.2. The van der Waals surface area contributed by atoms with Gasteiger partial charge in [-0.15, -0.1) is 0 Å².